The number of hydrogen-bond donors (Lipinski definition) is 1. The van der Waals surface area contributed by atoms with Crippen LogP contribution in [0.25, 0.3) is 0 Å². The lowest BCUT2D eigenvalue weighted by Crippen LogP contribution is -2.29. The minimum Gasteiger partial charge on any atom is -0.490 e. The SMILES string of the molecule is O=C1OCCN1CCOc1cnc2c(c1)CNCC2. The van der Waals surface area contributed by atoms with E-state index >= 15 is 0 Å². The van der Waals surface area contributed by atoms with E-state index in [9.17, 15) is 4.79 Å². The van der Waals surface area contributed by atoms with E-state index in [-0.39, 0.29) is 6.09 Å². The van der Waals surface area contributed by atoms with Crippen molar-refractivity contribution in [3.63, 3.8) is 0 Å². The van der Waals surface area contributed by atoms with Gasteiger partial charge in [0.1, 0.15) is 19.0 Å². The van der Waals surface area contributed by atoms with Crippen molar-refractivity contribution < 1.29 is 14.3 Å². The van der Waals surface area contributed by atoms with E-state index in [0.717, 1.165) is 31.0 Å². The standard InChI is InChI=1S/C13H17N3O3/c17-13-16(4-6-19-13)3-5-18-11-7-10-8-14-2-1-12(10)15-9-11/h7,9,14H,1-6,8H2. The van der Waals surface area contributed by atoms with Gasteiger partial charge in [-0.1, -0.05) is 0 Å². The number of aromatic nitrogens is 1. The van der Waals surface area contributed by atoms with Crippen LogP contribution < -0.4 is 10.1 Å². The summed E-state index contributed by atoms with van der Waals surface area (Å²) >= 11 is 0. The highest BCUT2D eigenvalue weighted by Crippen LogP contribution is 2.18. The van der Waals surface area contributed by atoms with Gasteiger partial charge in [0.15, 0.2) is 0 Å². The Kier molecular flexibility index (Phi) is 3.50. The number of hydrogen-bond acceptors (Lipinski definition) is 5. The first-order valence-electron chi connectivity index (χ1n) is 6.56. The van der Waals surface area contributed by atoms with Crippen LogP contribution in [0.3, 0.4) is 0 Å². The van der Waals surface area contributed by atoms with Gasteiger partial charge in [-0.2, -0.15) is 0 Å². The third-order valence-electron chi connectivity index (χ3n) is 3.36. The van der Waals surface area contributed by atoms with Crippen LogP contribution in [0.2, 0.25) is 0 Å². The molecule has 3 rings (SSSR count). The van der Waals surface area contributed by atoms with Crippen molar-refractivity contribution in [2.24, 2.45) is 0 Å². The number of carbonyl (C=O) groups excluding carboxylic acids is 1. The number of nitrogens with zero attached hydrogens (tertiary/aromatic N) is 2. The molecule has 102 valence electrons. The monoisotopic (exact) mass is 263 g/mol. The zero-order valence-corrected chi connectivity index (χ0v) is 10.7. The van der Waals surface area contributed by atoms with E-state index in [4.69, 9.17) is 9.47 Å². The summed E-state index contributed by atoms with van der Waals surface area (Å²) in [4.78, 5) is 17.3. The van der Waals surface area contributed by atoms with Gasteiger partial charge in [0, 0.05) is 25.2 Å². The van der Waals surface area contributed by atoms with Crippen molar-refractivity contribution in [3.05, 3.63) is 23.5 Å². The second kappa shape index (κ2) is 5.44. The van der Waals surface area contributed by atoms with Gasteiger partial charge >= 0.3 is 6.09 Å². The quantitative estimate of drug-likeness (QED) is 0.860. The Morgan fingerprint density at radius 1 is 1.53 bits per heavy atom. The predicted octanol–water partition coefficient (Wildman–Crippen LogP) is 0.558. The number of amides is 1. The molecule has 2 aliphatic rings. The number of rotatable bonds is 4. The van der Waals surface area contributed by atoms with Crippen molar-refractivity contribution in [1.82, 2.24) is 15.2 Å². The Hall–Kier alpha value is -1.82. The van der Waals surface area contributed by atoms with Gasteiger partial charge in [-0.15, -0.1) is 0 Å². The lowest BCUT2D eigenvalue weighted by molar-refractivity contribution is 0.153. The summed E-state index contributed by atoms with van der Waals surface area (Å²) in [5, 5.41) is 3.31. The van der Waals surface area contributed by atoms with Gasteiger partial charge in [0.2, 0.25) is 0 Å². The third kappa shape index (κ3) is 2.78. The molecular weight excluding hydrogens is 246 g/mol. The Morgan fingerprint density at radius 2 is 2.47 bits per heavy atom. The summed E-state index contributed by atoms with van der Waals surface area (Å²) in [6.07, 6.45) is 2.47. The molecule has 1 saturated heterocycles. The zero-order chi connectivity index (χ0) is 13.1. The molecule has 0 aromatic carbocycles. The average Bonchev–Trinajstić information content (AvgIpc) is 2.84. The fraction of sp³-hybridized carbons (Fsp3) is 0.538. The number of cyclic esters (lactones) is 1. The molecule has 3 heterocycles. The molecule has 1 aromatic rings. The molecule has 1 fully saturated rings. The van der Waals surface area contributed by atoms with Crippen molar-refractivity contribution in [1.29, 1.82) is 0 Å². The van der Waals surface area contributed by atoms with E-state index in [1.54, 1.807) is 11.1 Å². The summed E-state index contributed by atoms with van der Waals surface area (Å²) in [7, 11) is 0. The molecule has 2 aliphatic heterocycles. The zero-order valence-electron chi connectivity index (χ0n) is 10.7. The summed E-state index contributed by atoms with van der Waals surface area (Å²) in [5.41, 5.74) is 2.35. The van der Waals surface area contributed by atoms with Crippen molar-refractivity contribution >= 4 is 6.09 Å². The van der Waals surface area contributed by atoms with Gasteiger partial charge in [-0.25, -0.2) is 4.79 Å². The molecule has 0 unspecified atom stereocenters. The Balaban J connectivity index is 1.53. The van der Waals surface area contributed by atoms with Crippen LogP contribution >= 0.6 is 0 Å². The van der Waals surface area contributed by atoms with E-state index in [1.807, 2.05) is 6.07 Å². The third-order valence-corrected chi connectivity index (χ3v) is 3.36. The molecule has 6 nitrogen and oxygen atoms in total. The molecule has 0 bridgehead atoms. The second-order valence-corrected chi connectivity index (χ2v) is 4.65. The first-order valence-corrected chi connectivity index (χ1v) is 6.56. The van der Waals surface area contributed by atoms with Crippen molar-refractivity contribution in [2.75, 3.05) is 32.8 Å². The van der Waals surface area contributed by atoms with E-state index in [0.29, 0.717) is 26.3 Å². The smallest absolute Gasteiger partial charge is 0.410 e. The van der Waals surface area contributed by atoms with Crippen LogP contribution in [0.4, 0.5) is 4.79 Å². The molecule has 0 radical (unpaired) electrons. The molecule has 6 heteroatoms. The molecule has 0 saturated carbocycles. The van der Waals surface area contributed by atoms with Crippen LogP contribution in [0.5, 0.6) is 5.75 Å². The fourth-order valence-corrected chi connectivity index (χ4v) is 2.31. The van der Waals surface area contributed by atoms with Gasteiger partial charge in [0.25, 0.3) is 0 Å². The van der Waals surface area contributed by atoms with Gasteiger partial charge in [-0.3, -0.25) is 4.98 Å². The normalized spacial score (nSPS) is 18.1. The van der Waals surface area contributed by atoms with Crippen LogP contribution in [-0.4, -0.2) is 48.8 Å². The first kappa shape index (κ1) is 12.2. The van der Waals surface area contributed by atoms with Crippen LogP contribution in [0.1, 0.15) is 11.3 Å². The second-order valence-electron chi connectivity index (χ2n) is 4.65. The van der Waals surface area contributed by atoms with Gasteiger partial charge < -0.3 is 19.7 Å². The number of carbonyl (C=O) groups is 1. The van der Waals surface area contributed by atoms with Crippen molar-refractivity contribution in [3.8, 4) is 5.75 Å². The molecule has 1 aromatic heterocycles. The number of pyridine rings is 1. The highest BCUT2D eigenvalue weighted by Gasteiger charge is 2.21. The Bertz CT molecular complexity index is 478. The minimum atomic E-state index is -0.253. The first-order chi connectivity index (χ1) is 9.33. The summed E-state index contributed by atoms with van der Waals surface area (Å²) in [5.74, 6) is 0.759. The molecule has 0 aliphatic carbocycles. The highest BCUT2D eigenvalue weighted by atomic mass is 16.6. The number of nitrogens with one attached hydrogen (secondary N) is 1. The largest absolute Gasteiger partial charge is 0.490 e. The summed E-state index contributed by atoms with van der Waals surface area (Å²) in [6.45, 7) is 3.96. The maximum absolute atomic E-state index is 11.2. The Morgan fingerprint density at radius 3 is 3.32 bits per heavy atom. The lowest BCUT2D eigenvalue weighted by Gasteiger charge is -2.17. The van der Waals surface area contributed by atoms with Crippen LogP contribution in [-0.2, 0) is 17.7 Å². The molecule has 0 atom stereocenters. The maximum Gasteiger partial charge on any atom is 0.410 e. The number of ether oxygens (including phenoxy) is 2. The topological polar surface area (TPSA) is 63.7 Å². The molecule has 1 amide bonds. The number of fused-ring (bicyclic) bond motifs is 1. The fourth-order valence-electron chi connectivity index (χ4n) is 2.31. The van der Waals surface area contributed by atoms with E-state index in [2.05, 4.69) is 10.3 Å². The highest BCUT2D eigenvalue weighted by molar-refractivity contribution is 5.69. The minimum absolute atomic E-state index is 0.253. The van der Waals surface area contributed by atoms with Crippen LogP contribution in [0, 0.1) is 0 Å². The van der Waals surface area contributed by atoms with E-state index in [1.165, 1.54) is 5.56 Å². The van der Waals surface area contributed by atoms with Gasteiger partial charge in [-0.05, 0) is 11.6 Å². The predicted molar refractivity (Wildman–Crippen MR) is 68.1 cm³/mol. The van der Waals surface area contributed by atoms with E-state index < -0.39 is 0 Å². The molecule has 19 heavy (non-hydrogen) atoms. The summed E-state index contributed by atoms with van der Waals surface area (Å²) < 4.78 is 10.5. The maximum atomic E-state index is 11.2. The molecule has 0 spiro atoms. The summed E-state index contributed by atoms with van der Waals surface area (Å²) in [6, 6.07) is 2.02. The Labute approximate surface area is 111 Å². The van der Waals surface area contributed by atoms with Crippen molar-refractivity contribution in [2.45, 2.75) is 13.0 Å². The van der Waals surface area contributed by atoms with Crippen LogP contribution in [0.15, 0.2) is 12.3 Å². The average molecular weight is 263 g/mol. The molecule has 1 N–H and O–H groups in total. The lowest BCUT2D eigenvalue weighted by atomic mass is 10.1. The van der Waals surface area contributed by atoms with Gasteiger partial charge in [0.05, 0.1) is 19.3 Å². The molecular formula is C13H17N3O3.